The van der Waals surface area contributed by atoms with Crippen LogP contribution in [0, 0.1) is 18.7 Å². The number of halogens is 1. The maximum atomic E-state index is 13.8. The molecule has 1 aromatic heterocycles. The highest BCUT2D eigenvalue weighted by atomic mass is 32.1. The van der Waals surface area contributed by atoms with Crippen molar-refractivity contribution in [2.45, 2.75) is 31.8 Å². The van der Waals surface area contributed by atoms with Gasteiger partial charge in [-0.3, -0.25) is 9.59 Å². The van der Waals surface area contributed by atoms with Crippen LogP contribution in [0.2, 0.25) is 0 Å². The summed E-state index contributed by atoms with van der Waals surface area (Å²) in [6.45, 7) is 2.28. The van der Waals surface area contributed by atoms with E-state index in [1.165, 1.54) is 23.5 Å². The molecule has 3 aromatic rings. The van der Waals surface area contributed by atoms with Crippen LogP contribution in [0.4, 0.5) is 4.39 Å². The predicted octanol–water partition coefficient (Wildman–Crippen LogP) is 4.21. The summed E-state index contributed by atoms with van der Waals surface area (Å²) >= 11 is 1.40. The van der Waals surface area contributed by atoms with Gasteiger partial charge < -0.3 is 24.8 Å². The summed E-state index contributed by atoms with van der Waals surface area (Å²) in [5, 5.41) is 11.9. The van der Waals surface area contributed by atoms with Gasteiger partial charge in [0.15, 0.2) is 0 Å². The lowest BCUT2D eigenvalue weighted by atomic mass is 10.1. The average Bonchev–Trinajstić information content (AvgIpc) is 3.31. The summed E-state index contributed by atoms with van der Waals surface area (Å²) < 4.78 is 22.7. The first-order valence-corrected chi connectivity index (χ1v) is 13.2. The van der Waals surface area contributed by atoms with Crippen LogP contribution in [0.5, 0.6) is 0 Å². The fourth-order valence-corrected chi connectivity index (χ4v) is 5.74. The number of hydrogen-bond donors (Lipinski definition) is 2. The molecule has 0 spiro atoms. The van der Waals surface area contributed by atoms with Crippen LogP contribution in [0.15, 0.2) is 66.6 Å². The number of ether oxygens (including phenoxy) is 2. The van der Waals surface area contributed by atoms with E-state index in [1.807, 2.05) is 30.0 Å². The Bertz CT molecular complexity index is 1430. The standard InChI is InChI=1S/C24H22FN3O2S.C4H4O4/c1-14-27-21(22(31-14)16-8-5-9-18(25)10-16)24(30)28-19(11-17-12-20(17)28)13-26-23(29)15-6-3-2-4-7-15;5-4(6)3-1-7-2-8-3/h2-10,17,19-20H,11-13H2,1H3,(H,26,29);1H,2H2,(H,5,6)/t17-,19+,20+;/m1./s1. The zero-order chi connectivity index (χ0) is 27.5. The Morgan fingerprint density at radius 3 is 2.62 bits per heavy atom. The molecule has 202 valence electrons. The molecule has 1 saturated heterocycles. The third kappa shape index (κ3) is 5.93. The predicted molar refractivity (Wildman–Crippen MR) is 140 cm³/mol. The minimum absolute atomic E-state index is 0.0155. The number of piperidine rings is 1. The number of benzene rings is 2. The zero-order valence-corrected chi connectivity index (χ0v) is 21.8. The van der Waals surface area contributed by atoms with E-state index < -0.39 is 5.97 Å². The number of thiazole rings is 1. The van der Waals surface area contributed by atoms with Gasteiger partial charge in [0.2, 0.25) is 12.6 Å². The van der Waals surface area contributed by atoms with Gasteiger partial charge in [-0.15, -0.1) is 11.3 Å². The van der Waals surface area contributed by atoms with Crippen molar-refractivity contribution >= 4 is 29.1 Å². The zero-order valence-electron chi connectivity index (χ0n) is 21.0. The Morgan fingerprint density at radius 2 is 1.95 bits per heavy atom. The number of carbonyl (C=O) groups is 3. The fraction of sp³-hybridized carbons (Fsp3) is 0.286. The van der Waals surface area contributed by atoms with Crippen LogP contribution in [0.25, 0.3) is 10.4 Å². The van der Waals surface area contributed by atoms with Crippen molar-refractivity contribution in [1.29, 1.82) is 0 Å². The second-order valence-corrected chi connectivity index (χ2v) is 10.6. The summed E-state index contributed by atoms with van der Waals surface area (Å²) in [4.78, 5) is 43.0. The molecule has 0 bridgehead atoms. The van der Waals surface area contributed by atoms with Crippen molar-refractivity contribution in [1.82, 2.24) is 15.2 Å². The van der Waals surface area contributed by atoms with Gasteiger partial charge in [0.1, 0.15) is 17.8 Å². The number of carbonyl (C=O) groups excluding carboxylic acids is 2. The highest BCUT2D eigenvalue weighted by Crippen LogP contribution is 2.48. The maximum absolute atomic E-state index is 13.8. The molecule has 3 aliphatic rings. The van der Waals surface area contributed by atoms with Gasteiger partial charge in [-0.2, -0.15) is 0 Å². The molecule has 2 aromatic carbocycles. The second kappa shape index (κ2) is 11.2. The molecule has 2 N–H and O–H groups in total. The molecule has 2 fully saturated rings. The number of rotatable bonds is 6. The minimum Gasteiger partial charge on any atom is -0.475 e. The van der Waals surface area contributed by atoms with Crippen LogP contribution in [0.1, 0.15) is 38.7 Å². The lowest BCUT2D eigenvalue weighted by molar-refractivity contribution is -0.136. The van der Waals surface area contributed by atoms with Crippen molar-refractivity contribution in [2.75, 3.05) is 13.3 Å². The van der Waals surface area contributed by atoms with E-state index >= 15 is 0 Å². The van der Waals surface area contributed by atoms with Crippen molar-refractivity contribution in [3.05, 3.63) is 88.7 Å². The molecule has 39 heavy (non-hydrogen) atoms. The van der Waals surface area contributed by atoms with Crippen LogP contribution < -0.4 is 5.32 Å². The first-order chi connectivity index (χ1) is 18.8. The number of aryl methyl sites for hydroxylation is 1. The van der Waals surface area contributed by atoms with Gasteiger partial charge in [-0.1, -0.05) is 30.3 Å². The number of carboxylic acids is 1. The van der Waals surface area contributed by atoms with Gasteiger partial charge in [-0.05, 0) is 55.5 Å². The first kappa shape index (κ1) is 26.4. The number of likely N-dealkylation sites (tertiary alicyclic amines) is 1. The van der Waals surface area contributed by atoms with Crippen LogP contribution in [-0.2, 0) is 14.3 Å². The minimum atomic E-state index is -1.09. The van der Waals surface area contributed by atoms with Crippen molar-refractivity contribution in [3.8, 4) is 10.4 Å². The lowest BCUT2D eigenvalue weighted by Crippen LogP contribution is -2.45. The first-order valence-electron chi connectivity index (χ1n) is 12.4. The van der Waals surface area contributed by atoms with Crippen molar-refractivity contribution < 1.29 is 33.4 Å². The number of nitrogens with zero attached hydrogens (tertiary/aromatic N) is 2. The number of aliphatic carboxylic acids is 1. The molecule has 0 unspecified atom stereocenters. The molecular formula is C28H26FN3O6S. The average molecular weight is 552 g/mol. The van der Waals surface area contributed by atoms with E-state index in [4.69, 9.17) is 5.11 Å². The monoisotopic (exact) mass is 551 g/mol. The number of hydrogen-bond acceptors (Lipinski definition) is 7. The van der Waals surface area contributed by atoms with E-state index in [0.717, 1.165) is 24.1 Å². The van der Waals surface area contributed by atoms with Crippen LogP contribution >= 0.6 is 11.3 Å². The number of nitrogens with one attached hydrogen (secondary N) is 1. The summed E-state index contributed by atoms with van der Waals surface area (Å²) in [5.41, 5.74) is 1.64. The Kier molecular flexibility index (Phi) is 7.60. The van der Waals surface area contributed by atoms with Gasteiger partial charge in [-0.25, -0.2) is 14.2 Å². The Labute approximate surface area is 227 Å². The lowest BCUT2D eigenvalue weighted by Gasteiger charge is -2.27. The second-order valence-electron chi connectivity index (χ2n) is 9.38. The summed E-state index contributed by atoms with van der Waals surface area (Å²) in [6, 6.07) is 15.5. The molecule has 3 atom stereocenters. The highest BCUT2D eigenvalue weighted by molar-refractivity contribution is 7.15. The number of amides is 2. The smallest absolute Gasteiger partial charge is 0.374 e. The van der Waals surface area contributed by atoms with E-state index in [0.29, 0.717) is 34.2 Å². The third-order valence-electron chi connectivity index (χ3n) is 6.69. The third-order valence-corrected chi connectivity index (χ3v) is 7.71. The molecule has 3 heterocycles. The van der Waals surface area contributed by atoms with E-state index in [2.05, 4.69) is 19.8 Å². The maximum Gasteiger partial charge on any atom is 0.374 e. The molecule has 1 aliphatic carbocycles. The van der Waals surface area contributed by atoms with Gasteiger partial charge in [0.25, 0.3) is 11.8 Å². The molecular weight excluding hydrogens is 525 g/mol. The highest BCUT2D eigenvalue weighted by Gasteiger charge is 2.54. The molecule has 6 rings (SSSR count). The van der Waals surface area contributed by atoms with E-state index in [-0.39, 0.29) is 42.3 Å². The Morgan fingerprint density at radius 1 is 1.15 bits per heavy atom. The van der Waals surface area contributed by atoms with Gasteiger partial charge in [0, 0.05) is 18.2 Å². The van der Waals surface area contributed by atoms with E-state index in [1.54, 1.807) is 24.3 Å². The molecule has 1 saturated carbocycles. The van der Waals surface area contributed by atoms with Crippen molar-refractivity contribution in [3.63, 3.8) is 0 Å². The molecule has 11 heteroatoms. The summed E-state index contributed by atoms with van der Waals surface area (Å²) in [7, 11) is 0. The summed E-state index contributed by atoms with van der Waals surface area (Å²) in [6.07, 6.45) is 2.94. The van der Waals surface area contributed by atoms with Crippen molar-refractivity contribution in [2.24, 2.45) is 5.92 Å². The number of fused-ring (bicyclic) bond motifs is 1. The largest absolute Gasteiger partial charge is 0.475 e. The topological polar surface area (TPSA) is 118 Å². The Balaban J connectivity index is 0.000000332. The molecule has 2 aliphatic heterocycles. The van der Waals surface area contributed by atoms with Gasteiger partial charge >= 0.3 is 5.97 Å². The summed E-state index contributed by atoms with van der Waals surface area (Å²) in [5.74, 6) is -1.36. The normalized spacial score (nSPS) is 20.5. The quantitative estimate of drug-likeness (QED) is 0.471. The molecule has 9 nitrogen and oxygen atoms in total. The molecule has 2 amide bonds. The number of aromatic nitrogens is 1. The Hall–Kier alpha value is -4.25. The fourth-order valence-electron chi connectivity index (χ4n) is 4.83. The number of carboxylic acid groups (broad SMARTS) is 1. The SMILES string of the molecule is Cc1nc(C(=O)N2[C@H](CNC(=O)c3ccccc3)C[C@@H]3C[C@@H]32)c(-c2cccc(F)c2)s1.O=C(O)C1=COCO1. The van der Waals surface area contributed by atoms with Crippen LogP contribution in [0.3, 0.4) is 0 Å². The van der Waals surface area contributed by atoms with E-state index in [9.17, 15) is 18.8 Å². The van der Waals surface area contributed by atoms with Crippen LogP contribution in [-0.4, -0.2) is 58.2 Å². The van der Waals surface area contributed by atoms with Gasteiger partial charge in [0.05, 0.1) is 15.9 Å². The molecule has 0 radical (unpaired) electrons.